The molecule has 1 aliphatic carbocycles. The van der Waals surface area contributed by atoms with E-state index in [1.54, 1.807) is 11.3 Å². The number of hydrogen-bond donors (Lipinski definition) is 2. The predicted molar refractivity (Wildman–Crippen MR) is 97.1 cm³/mol. The highest BCUT2D eigenvalue weighted by Gasteiger charge is 2.22. The number of benzene rings is 1. The van der Waals surface area contributed by atoms with Gasteiger partial charge in [-0.25, -0.2) is 4.98 Å². The number of aliphatic hydroxyl groups is 1. The minimum atomic E-state index is -0.199. The van der Waals surface area contributed by atoms with Crippen molar-refractivity contribution in [2.24, 2.45) is 0 Å². The first-order valence-electron chi connectivity index (χ1n) is 8.52. The van der Waals surface area contributed by atoms with Crippen LogP contribution in [0.25, 0.3) is 11.3 Å². The number of hydrogen-bond acceptors (Lipinski definition) is 4. The first kappa shape index (κ1) is 17.1. The van der Waals surface area contributed by atoms with Gasteiger partial charge in [-0.3, -0.25) is 4.79 Å². The maximum Gasteiger partial charge on any atom is 0.225 e. The molecule has 1 saturated carbocycles. The molecule has 3 rings (SSSR count). The van der Waals surface area contributed by atoms with Crippen LogP contribution < -0.4 is 5.32 Å². The molecule has 0 saturated heterocycles. The summed E-state index contributed by atoms with van der Waals surface area (Å²) in [6.45, 7) is 4.04. The van der Waals surface area contributed by atoms with Gasteiger partial charge in [-0.15, -0.1) is 11.3 Å². The minimum absolute atomic E-state index is 0.0494. The normalized spacial score (nSPS) is 20.8. The van der Waals surface area contributed by atoms with Crippen LogP contribution in [0.3, 0.4) is 0 Å². The predicted octanol–water partition coefficient (Wildman–Crippen LogP) is 3.39. The summed E-state index contributed by atoms with van der Waals surface area (Å²) in [5.74, 6) is 0.0494. The Labute approximate surface area is 146 Å². The molecule has 0 spiro atoms. The van der Waals surface area contributed by atoms with Crippen molar-refractivity contribution in [3.8, 4) is 11.3 Å². The molecule has 1 aliphatic rings. The highest BCUT2D eigenvalue weighted by atomic mass is 32.1. The molecule has 2 aromatic rings. The number of rotatable bonds is 4. The van der Waals surface area contributed by atoms with E-state index in [0.29, 0.717) is 6.42 Å². The Morgan fingerprint density at radius 2 is 1.88 bits per heavy atom. The van der Waals surface area contributed by atoms with Crippen LogP contribution in [0.15, 0.2) is 24.3 Å². The van der Waals surface area contributed by atoms with E-state index in [-0.39, 0.29) is 18.1 Å². The monoisotopic (exact) mass is 344 g/mol. The topological polar surface area (TPSA) is 62.2 Å². The van der Waals surface area contributed by atoms with E-state index >= 15 is 0 Å². The number of aromatic nitrogens is 1. The second kappa shape index (κ2) is 7.45. The van der Waals surface area contributed by atoms with Crippen molar-refractivity contribution in [2.45, 2.75) is 58.1 Å². The van der Waals surface area contributed by atoms with Crippen molar-refractivity contribution in [2.75, 3.05) is 0 Å². The molecule has 1 heterocycles. The van der Waals surface area contributed by atoms with Gasteiger partial charge >= 0.3 is 0 Å². The molecule has 1 aromatic heterocycles. The Morgan fingerprint density at radius 1 is 1.21 bits per heavy atom. The summed E-state index contributed by atoms with van der Waals surface area (Å²) in [7, 11) is 0. The van der Waals surface area contributed by atoms with Crippen molar-refractivity contribution in [3.05, 3.63) is 39.7 Å². The van der Waals surface area contributed by atoms with E-state index in [1.807, 2.05) is 6.92 Å². The lowest BCUT2D eigenvalue weighted by molar-refractivity contribution is -0.121. The summed E-state index contributed by atoms with van der Waals surface area (Å²) in [6, 6.07) is 8.46. The Hall–Kier alpha value is -1.72. The molecule has 24 heavy (non-hydrogen) atoms. The number of carbonyl (C=O) groups excluding carboxylic acids is 1. The molecule has 2 N–H and O–H groups in total. The fourth-order valence-electron chi connectivity index (χ4n) is 3.17. The average molecular weight is 344 g/mol. The van der Waals surface area contributed by atoms with E-state index in [0.717, 1.165) is 46.8 Å². The third-order valence-electron chi connectivity index (χ3n) is 4.51. The maximum absolute atomic E-state index is 12.4. The number of nitrogens with one attached hydrogen (secondary N) is 1. The fraction of sp³-hybridized carbons (Fsp3) is 0.474. The van der Waals surface area contributed by atoms with Crippen LogP contribution in [0.1, 0.15) is 41.1 Å². The molecule has 0 atom stereocenters. The quantitative estimate of drug-likeness (QED) is 0.894. The summed E-state index contributed by atoms with van der Waals surface area (Å²) in [6.07, 6.45) is 3.45. The van der Waals surface area contributed by atoms with Crippen LogP contribution in [0.2, 0.25) is 0 Å². The van der Waals surface area contributed by atoms with Gasteiger partial charge in [0.25, 0.3) is 0 Å². The highest BCUT2D eigenvalue weighted by Crippen LogP contribution is 2.29. The smallest absolute Gasteiger partial charge is 0.225 e. The molecule has 1 fully saturated rings. The minimum Gasteiger partial charge on any atom is -0.393 e. The van der Waals surface area contributed by atoms with E-state index in [4.69, 9.17) is 0 Å². The molecule has 0 bridgehead atoms. The Morgan fingerprint density at radius 3 is 2.54 bits per heavy atom. The molecule has 1 aromatic carbocycles. The van der Waals surface area contributed by atoms with Gasteiger partial charge in [-0.05, 0) is 39.5 Å². The third kappa shape index (κ3) is 4.22. The number of amides is 1. The Bertz CT molecular complexity index is 701. The molecule has 1 amide bonds. The Kier molecular flexibility index (Phi) is 5.31. The van der Waals surface area contributed by atoms with Crippen LogP contribution in [-0.2, 0) is 11.2 Å². The summed E-state index contributed by atoms with van der Waals surface area (Å²) in [5.41, 5.74) is 3.20. The van der Waals surface area contributed by atoms with Gasteiger partial charge in [-0.2, -0.15) is 0 Å². The second-order valence-corrected chi connectivity index (χ2v) is 7.91. The van der Waals surface area contributed by atoms with Crippen LogP contribution >= 0.6 is 11.3 Å². The van der Waals surface area contributed by atoms with E-state index in [2.05, 4.69) is 41.5 Å². The Balaban J connectivity index is 1.68. The molecule has 5 heteroatoms. The summed E-state index contributed by atoms with van der Waals surface area (Å²) in [5, 5.41) is 13.7. The number of thiazole rings is 1. The standard InChI is InChI=1S/C19H24N2O2S/c1-12-3-5-14(6-4-12)19-17(24-13(2)20-19)11-18(23)21-15-7-9-16(22)10-8-15/h3-6,15-16,22H,7-11H2,1-2H3,(H,21,23). The lowest BCUT2D eigenvalue weighted by Gasteiger charge is -2.26. The zero-order valence-corrected chi connectivity index (χ0v) is 15.0. The summed E-state index contributed by atoms with van der Waals surface area (Å²) in [4.78, 5) is 18.1. The molecular formula is C19H24N2O2S. The van der Waals surface area contributed by atoms with Gasteiger partial charge < -0.3 is 10.4 Å². The molecule has 128 valence electrons. The first-order valence-corrected chi connectivity index (χ1v) is 9.33. The van der Waals surface area contributed by atoms with Gasteiger partial charge in [0, 0.05) is 16.5 Å². The lowest BCUT2D eigenvalue weighted by Crippen LogP contribution is -2.39. The fourth-order valence-corrected chi connectivity index (χ4v) is 4.13. The van der Waals surface area contributed by atoms with Crippen molar-refractivity contribution in [1.82, 2.24) is 10.3 Å². The van der Waals surface area contributed by atoms with E-state index in [1.165, 1.54) is 5.56 Å². The second-order valence-electron chi connectivity index (χ2n) is 6.62. The lowest BCUT2D eigenvalue weighted by atomic mass is 9.93. The summed E-state index contributed by atoms with van der Waals surface area (Å²) < 4.78 is 0. The highest BCUT2D eigenvalue weighted by molar-refractivity contribution is 7.12. The largest absolute Gasteiger partial charge is 0.393 e. The van der Waals surface area contributed by atoms with E-state index < -0.39 is 0 Å². The number of aliphatic hydroxyl groups excluding tert-OH is 1. The number of nitrogens with zero attached hydrogens (tertiary/aromatic N) is 1. The van der Waals surface area contributed by atoms with Crippen molar-refractivity contribution >= 4 is 17.2 Å². The van der Waals surface area contributed by atoms with Crippen molar-refractivity contribution in [3.63, 3.8) is 0 Å². The number of aryl methyl sites for hydroxylation is 2. The van der Waals surface area contributed by atoms with Crippen LogP contribution in [-0.4, -0.2) is 28.1 Å². The van der Waals surface area contributed by atoms with Gasteiger partial charge in [0.15, 0.2) is 0 Å². The molecular weight excluding hydrogens is 320 g/mol. The van der Waals surface area contributed by atoms with Gasteiger partial charge in [-0.1, -0.05) is 29.8 Å². The summed E-state index contributed by atoms with van der Waals surface area (Å²) >= 11 is 1.59. The van der Waals surface area contributed by atoms with Crippen molar-refractivity contribution < 1.29 is 9.90 Å². The van der Waals surface area contributed by atoms with Crippen LogP contribution in [0.5, 0.6) is 0 Å². The van der Waals surface area contributed by atoms with Gasteiger partial charge in [0.05, 0.1) is 23.2 Å². The van der Waals surface area contributed by atoms with Gasteiger partial charge in [0.2, 0.25) is 5.91 Å². The van der Waals surface area contributed by atoms with Crippen molar-refractivity contribution in [1.29, 1.82) is 0 Å². The third-order valence-corrected chi connectivity index (χ3v) is 5.48. The van der Waals surface area contributed by atoms with E-state index in [9.17, 15) is 9.90 Å². The molecule has 0 unspecified atom stereocenters. The zero-order valence-electron chi connectivity index (χ0n) is 14.2. The zero-order chi connectivity index (χ0) is 17.1. The van der Waals surface area contributed by atoms with Crippen LogP contribution in [0.4, 0.5) is 0 Å². The SMILES string of the molecule is Cc1ccc(-c2nc(C)sc2CC(=O)NC2CCC(O)CC2)cc1. The van der Waals surface area contributed by atoms with Gasteiger partial charge in [0.1, 0.15) is 0 Å². The number of carbonyl (C=O) groups is 1. The average Bonchev–Trinajstić information content (AvgIpc) is 2.90. The maximum atomic E-state index is 12.4. The molecule has 0 radical (unpaired) electrons. The molecule has 0 aliphatic heterocycles. The van der Waals surface area contributed by atoms with Crippen LogP contribution in [0, 0.1) is 13.8 Å². The first-order chi connectivity index (χ1) is 11.5. The molecule has 4 nitrogen and oxygen atoms in total.